The minimum atomic E-state index is 0. The van der Waals surface area contributed by atoms with Crippen LogP contribution in [0.5, 0.6) is 0 Å². The van der Waals surface area contributed by atoms with Crippen molar-refractivity contribution in [3.63, 3.8) is 0 Å². The molecule has 46 valence electrons. The summed E-state index contributed by atoms with van der Waals surface area (Å²) < 4.78 is 0. The maximum Gasteiger partial charge on any atom is 0 e. The predicted octanol–water partition coefficient (Wildman–Crippen LogP) is -0.0147. The molecule has 6 heteroatoms. The van der Waals surface area contributed by atoms with Gasteiger partial charge < -0.3 is 40.5 Å². The van der Waals surface area contributed by atoms with E-state index in [0.29, 0.717) is 0 Å². The van der Waals surface area contributed by atoms with E-state index >= 15 is 0 Å². The van der Waals surface area contributed by atoms with Crippen LogP contribution in [-0.4, -0.2) is 0 Å². The van der Waals surface area contributed by atoms with Gasteiger partial charge >= 0.3 is 0 Å². The largest absolute Gasteiger partial charge is 2.00 e. The first-order valence-corrected chi connectivity index (χ1v) is 0. The molecular formula is ReRhS3W-6. The fourth-order valence-corrected chi connectivity index (χ4v) is 0. The second kappa shape index (κ2) is 43.3. The van der Waals surface area contributed by atoms with Crippen molar-refractivity contribution in [2.24, 2.45) is 0 Å². The van der Waals surface area contributed by atoms with Gasteiger partial charge in [0, 0.05) is 61.0 Å². The summed E-state index contributed by atoms with van der Waals surface area (Å²) in [5.41, 5.74) is 0. The van der Waals surface area contributed by atoms with E-state index in [1.165, 1.54) is 0 Å². The van der Waals surface area contributed by atoms with Gasteiger partial charge in [0.15, 0.2) is 0 Å². The molecule has 0 fully saturated rings. The molecule has 0 rings (SSSR count). The van der Waals surface area contributed by atoms with Crippen LogP contribution in [-0.2, 0) is 101 Å². The van der Waals surface area contributed by atoms with Crippen LogP contribution in [0, 0.1) is 0 Å². The van der Waals surface area contributed by atoms with E-state index in [-0.39, 0.29) is 101 Å². The smallest absolute Gasteiger partial charge is 0 e. The molecule has 0 unspecified atom stereocenters. The SMILES string of the molecule is [Re].[Rh].[S-2].[S-2].[S-2].[W]. The number of hydrogen-bond donors (Lipinski definition) is 0. The molecule has 0 aromatic heterocycles. The first-order chi connectivity index (χ1) is 0. The fraction of sp³-hybridized carbons (Fsp3) is 0. The Hall–Kier alpha value is 3.02. The molecule has 2 radical (unpaired) electrons. The van der Waals surface area contributed by atoms with Gasteiger partial charge in [-0.15, -0.1) is 0 Å². The maximum absolute atomic E-state index is 0. The molecular weight excluding hydrogens is 569 g/mol. The standard InChI is InChI=1S/Re.Rh.3S.W/q;;3*-2;. The van der Waals surface area contributed by atoms with Gasteiger partial charge in [0.1, 0.15) is 0 Å². The minimum absolute atomic E-state index is 0. The van der Waals surface area contributed by atoms with Crippen molar-refractivity contribution >= 4 is 40.5 Å². The van der Waals surface area contributed by atoms with Gasteiger partial charge in [0.2, 0.25) is 0 Å². The molecule has 0 aliphatic carbocycles. The Bertz CT molecular complexity index is 10.8. The Kier molecular flexibility index (Phi) is 458. The summed E-state index contributed by atoms with van der Waals surface area (Å²) in [6, 6.07) is 0. The summed E-state index contributed by atoms with van der Waals surface area (Å²) in [6.45, 7) is 0. The van der Waals surface area contributed by atoms with E-state index in [4.69, 9.17) is 0 Å². The Morgan fingerprint density at radius 3 is 0.667 bits per heavy atom. The van der Waals surface area contributed by atoms with Crippen LogP contribution >= 0.6 is 0 Å². The van der Waals surface area contributed by atoms with Crippen molar-refractivity contribution in [2.45, 2.75) is 0 Å². The molecule has 0 N–H and O–H groups in total. The Labute approximate surface area is 100.0 Å². The molecule has 0 aromatic rings. The number of hydrogen-bond acceptors (Lipinski definition) is 0. The van der Waals surface area contributed by atoms with E-state index in [2.05, 4.69) is 0 Å². The van der Waals surface area contributed by atoms with Gasteiger partial charge in [0.25, 0.3) is 0 Å². The van der Waals surface area contributed by atoms with E-state index in [9.17, 15) is 0 Å². The van der Waals surface area contributed by atoms with Crippen molar-refractivity contribution < 1.29 is 61.0 Å². The van der Waals surface area contributed by atoms with Crippen LogP contribution < -0.4 is 0 Å². The van der Waals surface area contributed by atoms with E-state index < -0.39 is 0 Å². The van der Waals surface area contributed by atoms with Crippen molar-refractivity contribution in [2.75, 3.05) is 0 Å². The topological polar surface area (TPSA) is 0 Å². The normalized spacial score (nSPS) is 0. The van der Waals surface area contributed by atoms with Crippen LogP contribution in [0.4, 0.5) is 0 Å². The second-order valence-electron chi connectivity index (χ2n) is 0. The summed E-state index contributed by atoms with van der Waals surface area (Å²) >= 11 is 0. The maximum atomic E-state index is 0. The third kappa shape index (κ3) is 27.9. The summed E-state index contributed by atoms with van der Waals surface area (Å²) in [7, 11) is 0. The fourth-order valence-electron chi connectivity index (χ4n) is 0. The molecule has 0 saturated carbocycles. The molecule has 0 nitrogen and oxygen atoms in total. The van der Waals surface area contributed by atoms with Crippen LogP contribution in [0.1, 0.15) is 0 Å². The summed E-state index contributed by atoms with van der Waals surface area (Å²) in [5.74, 6) is 0. The van der Waals surface area contributed by atoms with Gasteiger partial charge in [0.05, 0.1) is 0 Å². The molecule has 0 heterocycles. The molecule has 0 aliphatic rings. The summed E-state index contributed by atoms with van der Waals surface area (Å²) in [4.78, 5) is 0. The first kappa shape index (κ1) is 63.5. The van der Waals surface area contributed by atoms with Crippen LogP contribution in [0.2, 0.25) is 0 Å². The van der Waals surface area contributed by atoms with Gasteiger partial charge in [-0.3, -0.25) is 0 Å². The Morgan fingerprint density at radius 2 is 0.667 bits per heavy atom. The van der Waals surface area contributed by atoms with Gasteiger partial charge in [-0.25, -0.2) is 0 Å². The zero-order chi connectivity index (χ0) is 0. The monoisotopic (exact) mass is 570 g/mol. The first-order valence-electron chi connectivity index (χ1n) is 0. The molecule has 0 saturated heterocycles. The summed E-state index contributed by atoms with van der Waals surface area (Å²) in [6.07, 6.45) is 0. The predicted molar refractivity (Wildman–Crippen MR) is 22.1 cm³/mol. The van der Waals surface area contributed by atoms with Crippen LogP contribution in [0.25, 0.3) is 0 Å². The van der Waals surface area contributed by atoms with E-state index in [0.717, 1.165) is 0 Å². The van der Waals surface area contributed by atoms with E-state index in [1.807, 2.05) is 0 Å². The second-order valence-corrected chi connectivity index (χ2v) is 0. The van der Waals surface area contributed by atoms with Crippen molar-refractivity contribution in [1.29, 1.82) is 0 Å². The summed E-state index contributed by atoms with van der Waals surface area (Å²) in [5, 5.41) is 0. The van der Waals surface area contributed by atoms with Crippen LogP contribution in [0.15, 0.2) is 0 Å². The zero-order valence-electron chi connectivity index (χ0n) is 2.34. The third-order valence-electron chi connectivity index (χ3n) is 0. The molecule has 0 atom stereocenters. The van der Waals surface area contributed by atoms with Crippen molar-refractivity contribution in [3.8, 4) is 0 Å². The Morgan fingerprint density at radius 1 is 0.667 bits per heavy atom. The average molecular weight is 569 g/mol. The quantitative estimate of drug-likeness (QED) is 0.361. The van der Waals surface area contributed by atoms with Crippen molar-refractivity contribution in [1.82, 2.24) is 0 Å². The average Bonchev–Trinajstić information content (AvgIpc) is 0. The molecule has 0 amide bonds. The van der Waals surface area contributed by atoms with E-state index in [1.54, 1.807) is 0 Å². The van der Waals surface area contributed by atoms with Crippen LogP contribution in [0.3, 0.4) is 0 Å². The molecule has 0 aliphatic heterocycles. The third-order valence-corrected chi connectivity index (χ3v) is 0. The van der Waals surface area contributed by atoms with Gasteiger partial charge in [-0.2, -0.15) is 0 Å². The molecule has 0 aromatic carbocycles. The zero-order valence-corrected chi connectivity index (χ0v) is 12.1. The molecule has 0 bridgehead atoms. The number of rotatable bonds is 0. The molecule has 6 heavy (non-hydrogen) atoms. The minimum Gasteiger partial charge on any atom is -2.00 e. The van der Waals surface area contributed by atoms with Gasteiger partial charge in [-0.1, -0.05) is 0 Å². The Balaban J connectivity index is 0. The molecule has 0 spiro atoms. The van der Waals surface area contributed by atoms with Gasteiger partial charge in [-0.05, 0) is 0 Å². The van der Waals surface area contributed by atoms with Crippen molar-refractivity contribution in [3.05, 3.63) is 0 Å².